The Hall–Kier alpha value is -2.66. The molecule has 1 aliphatic heterocycles. The first-order chi connectivity index (χ1) is 11.3. The third-order valence-corrected chi connectivity index (χ3v) is 3.90. The summed E-state index contributed by atoms with van der Waals surface area (Å²) in [4.78, 5) is 17.1. The molecule has 5 heteroatoms. The molecule has 0 unspecified atom stereocenters. The van der Waals surface area contributed by atoms with Crippen LogP contribution in [-0.2, 0) is 11.4 Å². The van der Waals surface area contributed by atoms with E-state index in [9.17, 15) is 10.1 Å². The normalized spacial score (nSPS) is 20.4. The van der Waals surface area contributed by atoms with Crippen molar-refractivity contribution in [3.63, 3.8) is 0 Å². The van der Waals surface area contributed by atoms with Gasteiger partial charge in [0.1, 0.15) is 6.04 Å². The second-order valence-corrected chi connectivity index (χ2v) is 5.45. The van der Waals surface area contributed by atoms with Crippen molar-refractivity contribution < 1.29 is 9.76 Å². The monoisotopic (exact) mass is 310 g/mol. The van der Waals surface area contributed by atoms with Gasteiger partial charge in [-0.05, 0) is 11.1 Å². The predicted molar refractivity (Wildman–Crippen MR) is 86.8 cm³/mol. The van der Waals surface area contributed by atoms with E-state index >= 15 is 0 Å². The standard InChI is InChI=1S/C18H18N2O3/c21-20(22)17-12-7-13-19(18(17)16-10-5-2-6-11-16)23-14-15-8-3-1-4-9-15/h1-11,13,17-18H,12,14H2/t17-,18+/m0/s1. The summed E-state index contributed by atoms with van der Waals surface area (Å²) in [5.41, 5.74) is 1.91. The van der Waals surface area contributed by atoms with Gasteiger partial charge in [-0.3, -0.25) is 15.0 Å². The smallest absolute Gasteiger partial charge is 0.243 e. The zero-order valence-electron chi connectivity index (χ0n) is 12.6. The van der Waals surface area contributed by atoms with Gasteiger partial charge in [0.2, 0.25) is 6.04 Å². The highest BCUT2D eigenvalue weighted by atomic mass is 16.7. The number of hydrogen-bond donors (Lipinski definition) is 0. The van der Waals surface area contributed by atoms with Gasteiger partial charge in [0.05, 0.1) is 6.61 Å². The number of rotatable bonds is 5. The SMILES string of the molecule is O=[N+]([O-])[C@H]1CC=CN(OCc2ccccc2)[C@@H]1c1ccccc1. The summed E-state index contributed by atoms with van der Waals surface area (Å²) in [6.45, 7) is 0.374. The van der Waals surface area contributed by atoms with Crippen LogP contribution in [0.5, 0.6) is 0 Å². The second kappa shape index (κ2) is 7.07. The number of nitro groups is 1. The van der Waals surface area contributed by atoms with Gasteiger partial charge < -0.3 is 0 Å². The lowest BCUT2D eigenvalue weighted by molar-refractivity contribution is -0.536. The van der Waals surface area contributed by atoms with Crippen LogP contribution < -0.4 is 0 Å². The molecule has 3 rings (SSSR count). The average Bonchev–Trinajstić information content (AvgIpc) is 2.61. The summed E-state index contributed by atoms with van der Waals surface area (Å²) >= 11 is 0. The first kappa shape index (κ1) is 15.2. The van der Waals surface area contributed by atoms with Crippen molar-refractivity contribution in [3.8, 4) is 0 Å². The van der Waals surface area contributed by atoms with Gasteiger partial charge in [-0.1, -0.05) is 66.7 Å². The van der Waals surface area contributed by atoms with Gasteiger partial charge in [-0.2, -0.15) is 0 Å². The zero-order valence-corrected chi connectivity index (χ0v) is 12.6. The Morgan fingerprint density at radius 2 is 1.74 bits per heavy atom. The summed E-state index contributed by atoms with van der Waals surface area (Å²) in [5.74, 6) is 0. The molecule has 118 valence electrons. The first-order valence-electron chi connectivity index (χ1n) is 7.56. The van der Waals surface area contributed by atoms with Crippen LogP contribution in [0.1, 0.15) is 23.6 Å². The van der Waals surface area contributed by atoms with Crippen molar-refractivity contribution in [2.45, 2.75) is 25.1 Å². The van der Waals surface area contributed by atoms with Crippen LogP contribution >= 0.6 is 0 Å². The lowest BCUT2D eigenvalue weighted by Gasteiger charge is -2.34. The van der Waals surface area contributed by atoms with E-state index in [1.807, 2.05) is 60.7 Å². The number of hydroxylamine groups is 2. The minimum absolute atomic E-state index is 0.222. The van der Waals surface area contributed by atoms with Gasteiger partial charge >= 0.3 is 0 Å². The van der Waals surface area contributed by atoms with Gasteiger partial charge in [-0.25, -0.2) is 5.06 Å². The van der Waals surface area contributed by atoms with E-state index in [1.165, 1.54) is 0 Å². The second-order valence-electron chi connectivity index (χ2n) is 5.45. The molecule has 0 aromatic heterocycles. The third kappa shape index (κ3) is 3.57. The topological polar surface area (TPSA) is 55.6 Å². The van der Waals surface area contributed by atoms with Crippen LogP contribution in [0.15, 0.2) is 72.9 Å². The molecule has 1 aliphatic rings. The molecule has 0 spiro atoms. The molecule has 23 heavy (non-hydrogen) atoms. The van der Waals surface area contributed by atoms with Crippen LogP contribution in [0, 0.1) is 10.1 Å². The molecule has 0 saturated heterocycles. The maximum Gasteiger partial charge on any atom is 0.243 e. The fourth-order valence-corrected chi connectivity index (χ4v) is 2.76. The molecule has 2 aromatic rings. The lowest BCUT2D eigenvalue weighted by Crippen LogP contribution is -2.40. The molecule has 2 atom stereocenters. The quantitative estimate of drug-likeness (QED) is 0.624. The van der Waals surface area contributed by atoms with E-state index in [0.29, 0.717) is 13.0 Å². The van der Waals surface area contributed by atoms with E-state index in [-0.39, 0.29) is 4.92 Å². The van der Waals surface area contributed by atoms with Crippen molar-refractivity contribution in [2.75, 3.05) is 0 Å². The highest BCUT2D eigenvalue weighted by Crippen LogP contribution is 2.32. The Bertz CT molecular complexity index is 673. The Kier molecular flexibility index (Phi) is 4.68. The maximum atomic E-state index is 11.4. The Balaban J connectivity index is 1.82. The molecular formula is C18H18N2O3. The van der Waals surface area contributed by atoms with Crippen LogP contribution in [0.3, 0.4) is 0 Å². The Morgan fingerprint density at radius 3 is 2.39 bits per heavy atom. The minimum atomic E-state index is -0.724. The summed E-state index contributed by atoms with van der Waals surface area (Å²) < 4.78 is 0. The van der Waals surface area contributed by atoms with Crippen molar-refractivity contribution in [3.05, 3.63) is 94.2 Å². The molecule has 0 saturated carbocycles. The van der Waals surface area contributed by atoms with Crippen LogP contribution in [0.25, 0.3) is 0 Å². The molecule has 5 nitrogen and oxygen atoms in total. The molecule has 0 aliphatic carbocycles. The number of benzene rings is 2. The van der Waals surface area contributed by atoms with Gasteiger partial charge in [0.15, 0.2) is 0 Å². The highest BCUT2D eigenvalue weighted by molar-refractivity contribution is 5.22. The minimum Gasteiger partial charge on any atom is -0.268 e. The van der Waals surface area contributed by atoms with Crippen molar-refractivity contribution >= 4 is 0 Å². The fourth-order valence-electron chi connectivity index (χ4n) is 2.76. The van der Waals surface area contributed by atoms with E-state index in [0.717, 1.165) is 11.1 Å². The molecule has 0 radical (unpaired) electrons. The molecule has 1 heterocycles. The summed E-state index contributed by atoms with van der Waals surface area (Å²) in [6.07, 6.45) is 3.98. The third-order valence-electron chi connectivity index (χ3n) is 3.90. The van der Waals surface area contributed by atoms with E-state index < -0.39 is 12.1 Å². The lowest BCUT2D eigenvalue weighted by atomic mass is 9.95. The molecule has 2 aromatic carbocycles. The summed E-state index contributed by atoms with van der Waals surface area (Å²) in [5, 5.41) is 13.1. The van der Waals surface area contributed by atoms with Gasteiger partial charge in [0.25, 0.3) is 0 Å². The molecule has 0 fully saturated rings. The van der Waals surface area contributed by atoms with Crippen LogP contribution in [-0.4, -0.2) is 16.0 Å². The first-order valence-corrected chi connectivity index (χ1v) is 7.56. The van der Waals surface area contributed by atoms with E-state index in [2.05, 4.69) is 0 Å². The zero-order chi connectivity index (χ0) is 16.1. The summed E-state index contributed by atoms with van der Waals surface area (Å²) in [6, 6.07) is 18.1. The van der Waals surface area contributed by atoms with Gasteiger partial charge in [0, 0.05) is 17.5 Å². The Morgan fingerprint density at radius 1 is 1.09 bits per heavy atom. The molecule has 0 N–H and O–H groups in total. The predicted octanol–water partition coefficient (Wildman–Crippen LogP) is 3.72. The fraction of sp³-hybridized carbons (Fsp3) is 0.222. The summed E-state index contributed by atoms with van der Waals surface area (Å²) in [7, 11) is 0. The molecule has 0 bridgehead atoms. The van der Waals surface area contributed by atoms with Crippen molar-refractivity contribution in [2.24, 2.45) is 0 Å². The van der Waals surface area contributed by atoms with Crippen molar-refractivity contribution in [1.29, 1.82) is 0 Å². The van der Waals surface area contributed by atoms with Crippen LogP contribution in [0.4, 0.5) is 0 Å². The maximum absolute atomic E-state index is 11.4. The number of nitrogens with zero attached hydrogens (tertiary/aromatic N) is 2. The molecular weight excluding hydrogens is 292 g/mol. The highest BCUT2D eigenvalue weighted by Gasteiger charge is 2.38. The van der Waals surface area contributed by atoms with E-state index in [1.54, 1.807) is 17.3 Å². The van der Waals surface area contributed by atoms with Gasteiger partial charge in [-0.15, -0.1) is 0 Å². The number of hydrogen-bond acceptors (Lipinski definition) is 4. The molecule has 0 amide bonds. The largest absolute Gasteiger partial charge is 0.268 e. The van der Waals surface area contributed by atoms with Crippen LogP contribution in [0.2, 0.25) is 0 Å². The van der Waals surface area contributed by atoms with E-state index in [4.69, 9.17) is 4.84 Å². The van der Waals surface area contributed by atoms with Crippen molar-refractivity contribution in [1.82, 2.24) is 5.06 Å². The Labute approximate surface area is 134 Å². The average molecular weight is 310 g/mol.